The van der Waals surface area contributed by atoms with E-state index in [2.05, 4.69) is 21.7 Å². The van der Waals surface area contributed by atoms with Crippen molar-refractivity contribution in [2.75, 3.05) is 37.6 Å². The Balaban J connectivity index is 1.62. The molecule has 0 bridgehead atoms. The van der Waals surface area contributed by atoms with Gasteiger partial charge in [-0.05, 0) is 58.5 Å². The fraction of sp³-hybridized carbons (Fsp3) is 0.778. The zero-order chi connectivity index (χ0) is 15.4. The molecule has 0 amide bonds. The first kappa shape index (κ1) is 15.7. The molecule has 2 fully saturated rings. The molecule has 1 aromatic rings. The van der Waals surface area contributed by atoms with Crippen LogP contribution in [0.25, 0.3) is 0 Å². The molecule has 1 atom stereocenters. The van der Waals surface area contributed by atoms with Crippen molar-refractivity contribution >= 4 is 5.82 Å². The summed E-state index contributed by atoms with van der Waals surface area (Å²) in [5.41, 5.74) is 2.09. The standard InChI is InChI=1S/C18H30N4/c1-15-12-19-16(2)18(20-15)22-11-7-8-17(14-22)13-21-9-5-3-4-6-10-21/h12,17H,3-11,13-14H2,1-2H3. The lowest BCUT2D eigenvalue weighted by molar-refractivity contribution is 0.222. The van der Waals surface area contributed by atoms with Crippen molar-refractivity contribution in [1.82, 2.24) is 14.9 Å². The van der Waals surface area contributed by atoms with E-state index in [1.807, 2.05) is 13.1 Å². The van der Waals surface area contributed by atoms with Gasteiger partial charge in [-0.3, -0.25) is 4.98 Å². The molecule has 2 aliphatic heterocycles. The van der Waals surface area contributed by atoms with Crippen molar-refractivity contribution in [1.29, 1.82) is 0 Å². The number of aryl methyl sites for hydroxylation is 2. The minimum absolute atomic E-state index is 0.786. The Morgan fingerprint density at radius 2 is 1.82 bits per heavy atom. The average Bonchev–Trinajstić information content (AvgIpc) is 2.79. The molecule has 0 N–H and O–H groups in total. The van der Waals surface area contributed by atoms with Gasteiger partial charge in [0.05, 0.1) is 11.4 Å². The third-order valence-electron chi connectivity index (χ3n) is 5.08. The molecule has 1 unspecified atom stereocenters. The summed E-state index contributed by atoms with van der Waals surface area (Å²) < 4.78 is 0. The summed E-state index contributed by atoms with van der Waals surface area (Å²) in [5.74, 6) is 1.90. The minimum atomic E-state index is 0.786. The van der Waals surface area contributed by atoms with Crippen molar-refractivity contribution in [3.05, 3.63) is 17.6 Å². The Bertz CT molecular complexity index is 480. The monoisotopic (exact) mass is 302 g/mol. The quantitative estimate of drug-likeness (QED) is 0.858. The van der Waals surface area contributed by atoms with Gasteiger partial charge in [-0.15, -0.1) is 0 Å². The van der Waals surface area contributed by atoms with Gasteiger partial charge in [-0.25, -0.2) is 4.98 Å². The number of hydrogen-bond donors (Lipinski definition) is 0. The Labute approximate surface area is 134 Å². The van der Waals surface area contributed by atoms with Gasteiger partial charge in [0.15, 0.2) is 0 Å². The molecule has 4 heteroatoms. The molecule has 122 valence electrons. The van der Waals surface area contributed by atoms with E-state index in [0.717, 1.165) is 36.2 Å². The predicted molar refractivity (Wildman–Crippen MR) is 91.4 cm³/mol. The van der Waals surface area contributed by atoms with E-state index in [4.69, 9.17) is 4.98 Å². The second kappa shape index (κ2) is 7.40. The molecule has 2 saturated heterocycles. The average molecular weight is 302 g/mol. The summed E-state index contributed by atoms with van der Waals surface area (Å²) in [4.78, 5) is 14.4. The molecule has 0 aromatic carbocycles. The van der Waals surface area contributed by atoms with Crippen LogP contribution in [0.5, 0.6) is 0 Å². The number of aromatic nitrogens is 2. The van der Waals surface area contributed by atoms with Crippen LogP contribution in [0.4, 0.5) is 5.82 Å². The summed E-state index contributed by atoms with van der Waals surface area (Å²) in [7, 11) is 0. The van der Waals surface area contributed by atoms with Crippen LogP contribution in [0, 0.1) is 19.8 Å². The highest BCUT2D eigenvalue weighted by Gasteiger charge is 2.24. The van der Waals surface area contributed by atoms with E-state index in [-0.39, 0.29) is 0 Å². The third-order valence-corrected chi connectivity index (χ3v) is 5.08. The smallest absolute Gasteiger partial charge is 0.150 e. The third kappa shape index (κ3) is 3.97. The molecule has 3 rings (SSSR count). The lowest BCUT2D eigenvalue weighted by atomic mass is 9.97. The van der Waals surface area contributed by atoms with E-state index in [1.54, 1.807) is 0 Å². The maximum atomic E-state index is 4.74. The molecule has 4 nitrogen and oxygen atoms in total. The van der Waals surface area contributed by atoms with Gasteiger partial charge in [0, 0.05) is 25.8 Å². The van der Waals surface area contributed by atoms with Crippen LogP contribution in [0.1, 0.15) is 49.9 Å². The van der Waals surface area contributed by atoms with Crippen molar-refractivity contribution in [2.45, 2.75) is 52.4 Å². The second-order valence-corrected chi connectivity index (χ2v) is 7.09. The SMILES string of the molecule is Cc1cnc(C)c(N2CCCC(CN3CCCCCC3)C2)n1. The summed E-state index contributed by atoms with van der Waals surface area (Å²) in [6, 6.07) is 0. The Morgan fingerprint density at radius 1 is 1.05 bits per heavy atom. The first-order chi connectivity index (χ1) is 10.7. The topological polar surface area (TPSA) is 32.3 Å². The fourth-order valence-corrected chi connectivity index (χ4v) is 3.91. The van der Waals surface area contributed by atoms with Gasteiger partial charge < -0.3 is 9.80 Å². The Morgan fingerprint density at radius 3 is 2.59 bits per heavy atom. The molecule has 2 aliphatic rings. The van der Waals surface area contributed by atoms with Crippen LogP contribution in [0.15, 0.2) is 6.20 Å². The summed E-state index contributed by atoms with van der Waals surface area (Å²) in [6.45, 7) is 10.3. The summed E-state index contributed by atoms with van der Waals surface area (Å²) in [6.07, 6.45) is 10.1. The maximum Gasteiger partial charge on any atom is 0.150 e. The van der Waals surface area contributed by atoms with E-state index >= 15 is 0 Å². The van der Waals surface area contributed by atoms with Gasteiger partial charge in [0.25, 0.3) is 0 Å². The Hall–Kier alpha value is -1.16. The largest absolute Gasteiger partial charge is 0.355 e. The molecule has 0 saturated carbocycles. The number of hydrogen-bond acceptors (Lipinski definition) is 4. The molecular weight excluding hydrogens is 272 g/mol. The molecular formula is C18H30N4. The van der Waals surface area contributed by atoms with Gasteiger partial charge in [0.2, 0.25) is 0 Å². The normalized spacial score (nSPS) is 24.3. The highest BCUT2D eigenvalue weighted by Crippen LogP contribution is 2.25. The van der Waals surface area contributed by atoms with E-state index < -0.39 is 0 Å². The number of piperidine rings is 1. The molecule has 1 aromatic heterocycles. The van der Waals surface area contributed by atoms with Crippen LogP contribution in [-0.2, 0) is 0 Å². The molecule has 0 radical (unpaired) electrons. The molecule has 0 spiro atoms. The van der Waals surface area contributed by atoms with Crippen LogP contribution < -0.4 is 4.90 Å². The molecule has 22 heavy (non-hydrogen) atoms. The number of nitrogens with zero attached hydrogens (tertiary/aromatic N) is 4. The predicted octanol–water partition coefficient (Wildman–Crippen LogP) is 3.19. The Kier molecular flexibility index (Phi) is 5.29. The highest BCUT2D eigenvalue weighted by atomic mass is 15.2. The lowest BCUT2D eigenvalue weighted by Crippen LogP contribution is -2.42. The van der Waals surface area contributed by atoms with E-state index in [0.29, 0.717) is 0 Å². The van der Waals surface area contributed by atoms with Crippen molar-refractivity contribution in [2.24, 2.45) is 5.92 Å². The zero-order valence-corrected chi connectivity index (χ0v) is 14.2. The number of rotatable bonds is 3. The summed E-state index contributed by atoms with van der Waals surface area (Å²) in [5, 5.41) is 0. The first-order valence-corrected chi connectivity index (χ1v) is 9.00. The van der Waals surface area contributed by atoms with Crippen LogP contribution in [-0.4, -0.2) is 47.6 Å². The highest BCUT2D eigenvalue weighted by molar-refractivity contribution is 5.43. The van der Waals surface area contributed by atoms with Gasteiger partial charge in [-0.2, -0.15) is 0 Å². The maximum absolute atomic E-state index is 4.74. The zero-order valence-electron chi connectivity index (χ0n) is 14.2. The lowest BCUT2D eigenvalue weighted by Gasteiger charge is -2.36. The van der Waals surface area contributed by atoms with E-state index in [9.17, 15) is 0 Å². The van der Waals surface area contributed by atoms with Crippen LogP contribution >= 0.6 is 0 Å². The van der Waals surface area contributed by atoms with Crippen molar-refractivity contribution < 1.29 is 0 Å². The minimum Gasteiger partial charge on any atom is -0.355 e. The van der Waals surface area contributed by atoms with Crippen molar-refractivity contribution in [3.8, 4) is 0 Å². The van der Waals surface area contributed by atoms with E-state index in [1.165, 1.54) is 58.2 Å². The number of anilines is 1. The van der Waals surface area contributed by atoms with Crippen LogP contribution in [0.2, 0.25) is 0 Å². The van der Waals surface area contributed by atoms with Crippen molar-refractivity contribution in [3.63, 3.8) is 0 Å². The summed E-state index contributed by atoms with van der Waals surface area (Å²) >= 11 is 0. The van der Waals surface area contributed by atoms with Gasteiger partial charge in [0.1, 0.15) is 5.82 Å². The van der Waals surface area contributed by atoms with Gasteiger partial charge >= 0.3 is 0 Å². The first-order valence-electron chi connectivity index (χ1n) is 9.00. The molecule has 0 aliphatic carbocycles. The second-order valence-electron chi connectivity index (χ2n) is 7.09. The molecule has 3 heterocycles. The number of likely N-dealkylation sites (tertiary alicyclic amines) is 1. The van der Waals surface area contributed by atoms with Gasteiger partial charge in [-0.1, -0.05) is 12.8 Å². The fourth-order valence-electron chi connectivity index (χ4n) is 3.91. The van der Waals surface area contributed by atoms with Crippen LogP contribution in [0.3, 0.4) is 0 Å².